The van der Waals surface area contributed by atoms with Crippen LogP contribution in [0, 0.1) is 0 Å². The lowest BCUT2D eigenvalue weighted by Crippen LogP contribution is -2.60. The molecule has 24 heavy (non-hydrogen) atoms. The molecule has 6 heteroatoms. The number of benzene rings is 1. The van der Waals surface area contributed by atoms with E-state index in [2.05, 4.69) is 10.2 Å². The number of piperidine rings is 1. The smallest absolute Gasteiger partial charge is 0.407 e. The standard InChI is InChI=1S/C18H28N2O4/c1-17(2,3)24-16(22)19-13-18(23)9-10-20(12-15(18)21)11-14-7-5-4-6-8-14/h4-8,15,21,23H,9-13H2,1-3H3,(H,19,22)/t15-,18+/m0/s1. The lowest BCUT2D eigenvalue weighted by Gasteiger charge is -2.42. The van der Waals surface area contributed by atoms with Crippen LogP contribution >= 0.6 is 0 Å². The third-order valence-electron chi connectivity index (χ3n) is 4.10. The molecule has 1 aliphatic rings. The Bertz CT molecular complexity index is 544. The van der Waals surface area contributed by atoms with Gasteiger partial charge in [-0.3, -0.25) is 4.90 Å². The van der Waals surface area contributed by atoms with Gasteiger partial charge in [-0.05, 0) is 32.8 Å². The summed E-state index contributed by atoms with van der Waals surface area (Å²) in [5.41, 5.74) is -0.754. The van der Waals surface area contributed by atoms with Gasteiger partial charge in [0.15, 0.2) is 0 Å². The molecule has 6 nitrogen and oxygen atoms in total. The van der Waals surface area contributed by atoms with E-state index in [0.717, 1.165) is 6.54 Å². The van der Waals surface area contributed by atoms with E-state index in [1.54, 1.807) is 20.8 Å². The molecule has 1 aliphatic heterocycles. The number of hydrogen-bond acceptors (Lipinski definition) is 5. The fourth-order valence-electron chi connectivity index (χ4n) is 2.75. The first-order chi connectivity index (χ1) is 11.2. The van der Waals surface area contributed by atoms with E-state index in [-0.39, 0.29) is 6.54 Å². The second kappa shape index (κ2) is 7.51. The number of aliphatic hydroxyl groups is 2. The van der Waals surface area contributed by atoms with Gasteiger partial charge in [0, 0.05) is 19.6 Å². The number of likely N-dealkylation sites (tertiary alicyclic amines) is 1. The normalized spacial score (nSPS) is 25.3. The van der Waals surface area contributed by atoms with E-state index in [0.29, 0.717) is 19.5 Å². The molecule has 0 unspecified atom stereocenters. The van der Waals surface area contributed by atoms with Crippen LogP contribution in [0.25, 0.3) is 0 Å². The predicted molar refractivity (Wildman–Crippen MR) is 91.5 cm³/mol. The maximum atomic E-state index is 11.7. The Hall–Kier alpha value is -1.63. The fraction of sp³-hybridized carbons (Fsp3) is 0.611. The minimum Gasteiger partial charge on any atom is -0.444 e. The number of nitrogens with zero attached hydrogens (tertiary/aromatic N) is 1. The van der Waals surface area contributed by atoms with E-state index < -0.39 is 23.4 Å². The van der Waals surface area contributed by atoms with E-state index in [9.17, 15) is 15.0 Å². The molecule has 0 aromatic heterocycles. The second-order valence-electron chi connectivity index (χ2n) is 7.45. The highest BCUT2D eigenvalue weighted by Gasteiger charge is 2.41. The number of carbonyl (C=O) groups is 1. The van der Waals surface area contributed by atoms with Gasteiger partial charge in [0.2, 0.25) is 0 Å². The number of rotatable bonds is 4. The third-order valence-corrected chi connectivity index (χ3v) is 4.10. The lowest BCUT2D eigenvalue weighted by molar-refractivity contribution is -0.117. The van der Waals surface area contributed by atoms with Crippen molar-refractivity contribution >= 4 is 6.09 Å². The van der Waals surface area contributed by atoms with Gasteiger partial charge in [0.1, 0.15) is 11.2 Å². The Balaban J connectivity index is 1.84. The summed E-state index contributed by atoms with van der Waals surface area (Å²) >= 11 is 0. The van der Waals surface area contributed by atoms with Crippen LogP contribution in [0.2, 0.25) is 0 Å². The number of hydrogen-bond donors (Lipinski definition) is 3. The molecule has 1 aromatic rings. The number of alkyl carbamates (subject to hydrolysis) is 1. The van der Waals surface area contributed by atoms with Gasteiger partial charge in [0.05, 0.1) is 12.6 Å². The molecule has 1 heterocycles. The molecular weight excluding hydrogens is 308 g/mol. The zero-order valence-electron chi connectivity index (χ0n) is 14.7. The minimum atomic E-state index is -1.33. The van der Waals surface area contributed by atoms with Crippen molar-refractivity contribution in [3.8, 4) is 0 Å². The molecule has 0 bridgehead atoms. The Morgan fingerprint density at radius 3 is 2.62 bits per heavy atom. The quantitative estimate of drug-likeness (QED) is 0.776. The summed E-state index contributed by atoms with van der Waals surface area (Å²) in [4.78, 5) is 13.8. The van der Waals surface area contributed by atoms with Crippen molar-refractivity contribution in [3.63, 3.8) is 0 Å². The average molecular weight is 336 g/mol. The summed E-state index contributed by atoms with van der Waals surface area (Å²) in [6.45, 7) is 7.05. The van der Waals surface area contributed by atoms with Crippen molar-refractivity contribution in [2.75, 3.05) is 19.6 Å². The third kappa shape index (κ3) is 5.47. The molecule has 0 radical (unpaired) electrons. The SMILES string of the molecule is CC(C)(C)OC(=O)NC[C@]1(O)CCN(Cc2ccccc2)C[C@@H]1O. The van der Waals surface area contributed by atoms with Gasteiger partial charge in [-0.1, -0.05) is 30.3 Å². The molecule has 1 fully saturated rings. The minimum absolute atomic E-state index is 0.0255. The Morgan fingerprint density at radius 1 is 1.38 bits per heavy atom. The molecule has 2 rings (SSSR count). The van der Waals surface area contributed by atoms with Crippen LogP contribution in [0.1, 0.15) is 32.8 Å². The van der Waals surface area contributed by atoms with Gasteiger partial charge in [0.25, 0.3) is 0 Å². The van der Waals surface area contributed by atoms with Gasteiger partial charge >= 0.3 is 6.09 Å². The summed E-state index contributed by atoms with van der Waals surface area (Å²) in [5, 5.41) is 23.5. The van der Waals surface area contributed by atoms with Crippen LogP contribution in [0.15, 0.2) is 30.3 Å². The van der Waals surface area contributed by atoms with Crippen molar-refractivity contribution in [3.05, 3.63) is 35.9 Å². The molecule has 0 saturated carbocycles. The van der Waals surface area contributed by atoms with Crippen LogP contribution < -0.4 is 5.32 Å². The molecule has 1 aromatic carbocycles. The number of nitrogens with one attached hydrogen (secondary N) is 1. The molecular formula is C18H28N2O4. The number of β-amino-alcohol motifs (C(OH)–C–C–N with tert-alkyl or cyclic N) is 1. The largest absolute Gasteiger partial charge is 0.444 e. The summed E-state index contributed by atoms with van der Waals surface area (Å²) in [6.07, 6.45) is -1.13. The summed E-state index contributed by atoms with van der Waals surface area (Å²) < 4.78 is 5.16. The van der Waals surface area contributed by atoms with Crippen LogP contribution in [-0.4, -0.2) is 58.1 Å². The summed E-state index contributed by atoms with van der Waals surface area (Å²) in [5.74, 6) is 0. The lowest BCUT2D eigenvalue weighted by atomic mass is 9.88. The first-order valence-electron chi connectivity index (χ1n) is 8.31. The summed E-state index contributed by atoms with van der Waals surface area (Å²) in [6, 6.07) is 10.0. The molecule has 1 saturated heterocycles. The topological polar surface area (TPSA) is 82.0 Å². The van der Waals surface area contributed by atoms with Crippen molar-refractivity contribution in [1.82, 2.24) is 10.2 Å². The van der Waals surface area contributed by atoms with E-state index >= 15 is 0 Å². The van der Waals surface area contributed by atoms with Crippen molar-refractivity contribution in [2.45, 2.75) is 51.0 Å². The van der Waals surface area contributed by atoms with E-state index in [4.69, 9.17) is 4.74 Å². The van der Waals surface area contributed by atoms with Crippen molar-refractivity contribution < 1.29 is 19.7 Å². The first-order valence-corrected chi connectivity index (χ1v) is 8.31. The zero-order valence-corrected chi connectivity index (χ0v) is 14.7. The van der Waals surface area contributed by atoms with Gasteiger partial charge in [-0.15, -0.1) is 0 Å². The molecule has 1 amide bonds. The molecule has 0 spiro atoms. The highest BCUT2D eigenvalue weighted by Crippen LogP contribution is 2.23. The zero-order chi connectivity index (χ0) is 17.8. The molecule has 2 atom stereocenters. The van der Waals surface area contributed by atoms with Gasteiger partial charge in [-0.2, -0.15) is 0 Å². The highest BCUT2D eigenvalue weighted by atomic mass is 16.6. The van der Waals surface area contributed by atoms with Crippen LogP contribution in [0.5, 0.6) is 0 Å². The first kappa shape index (κ1) is 18.7. The second-order valence-corrected chi connectivity index (χ2v) is 7.45. The van der Waals surface area contributed by atoms with E-state index in [1.165, 1.54) is 5.56 Å². The maximum absolute atomic E-state index is 11.7. The Kier molecular flexibility index (Phi) is 5.85. The Labute approximate surface area is 143 Å². The van der Waals surface area contributed by atoms with Gasteiger partial charge in [-0.25, -0.2) is 4.79 Å². The molecule has 134 valence electrons. The number of aliphatic hydroxyl groups excluding tert-OH is 1. The monoisotopic (exact) mass is 336 g/mol. The molecule has 3 N–H and O–H groups in total. The Morgan fingerprint density at radius 2 is 2.04 bits per heavy atom. The van der Waals surface area contributed by atoms with Crippen molar-refractivity contribution in [2.24, 2.45) is 0 Å². The van der Waals surface area contributed by atoms with Gasteiger partial charge < -0.3 is 20.3 Å². The fourth-order valence-corrected chi connectivity index (χ4v) is 2.75. The maximum Gasteiger partial charge on any atom is 0.407 e. The number of carbonyl (C=O) groups excluding carboxylic acids is 1. The average Bonchev–Trinajstić information content (AvgIpc) is 2.49. The van der Waals surface area contributed by atoms with Crippen LogP contribution in [0.3, 0.4) is 0 Å². The summed E-state index contributed by atoms with van der Waals surface area (Å²) in [7, 11) is 0. The highest BCUT2D eigenvalue weighted by molar-refractivity contribution is 5.67. The van der Waals surface area contributed by atoms with Crippen molar-refractivity contribution in [1.29, 1.82) is 0 Å². The van der Waals surface area contributed by atoms with E-state index in [1.807, 2.05) is 30.3 Å². The number of ether oxygens (including phenoxy) is 1. The predicted octanol–water partition coefficient (Wildman–Crippen LogP) is 1.51. The van der Waals surface area contributed by atoms with Crippen LogP contribution in [0.4, 0.5) is 4.79 Å². The molecule has 0 aliphatic carbocycles. The number of amides is 1. The van der Waals surface area contributed by atoms with Crippen LogP contribution in [-0.2, 0) is 11.3 Å².